The average molecular weight is 1240 g/mol. The summed E-state index contributed by atoms with van der Waals surface area (Å²) in [4.78, 5) is 0. The minimum atomic E-state index is -1.77. The molecule has 3 nitrogen and oxygen atoms in total. The van der Waals surface area contributed by atoms with Crippen LogP contribution in [0.5, 0.6) is 0 Å². The molecular formula is C84H147O3P. The molecule has 0 amide bonds. The van der Waals surface area contributed by atoms with Crippen molar-refractivity contribution in [3.05, 3.63) is 106 Å². The first-order valence-corrected chi connectivity index (χ1v) is 39.8. The fourth-order valence-corrected chi connectivity index (χ4v) is 14.4. The van der Waals surface area contributed by atoms with Gasteiger partial charge in [0.15, 0.2) is 0 Å². The molecule has 0 heterocycles. The van der Waals surface area contributed by atoms with Crippen LogP contribution < -0.4 is 0 Å². The van der Waals surface area contributed by atoms with Gasteiger partial charge in [-0.05, 0) is 68.9 Å². The highest BCUT2D eigenvalue weighted by molar-refractivity contribution is 7.41. The molecule has 0 aliphatic rings. The molecule has 88 heavy (non-hydrogen) atoms. The van der Waals surface area contributed by atoms with Gasteiger partial charge in [0.1, 0.15) is 0 Å². The number of hydrogen-bond acceptors (Lipinski definition) is 3. The maximum absolute atomic E-state index is 7.62. The molecular weight excluding hydrogens is 1090 g/mol. The highest BCUT2D eigenvalue weighted by Crippen LogP contribution is 2.54. The van der Waals surface area contributed by atoms with Crippen molar-refractivity contribution in [1.82, 2.24) is 0 Å². The molecule has 4 heteroatoms. The summed E-state index contributed by atoms with van der Waals surface area (Å²) in [5, 5.41) is 0. The van der Waals surface area contributed by atoms with Crippen LogP contribution in [0.4, 0.5) is 0 Å². The SMILES string of the molecule is CCCCCCCCCCCCCCCCCC(OP(OC(CCCCCCCCCCCCCCCCC)c1ccc(C(C)(C)C)cc1)OC(CCCCCCCCCCCCCCCCC)c1ccc(C(C)(C)C)cc1)c1ccc(C(C)(C)C)cc1. The Balaban J connectivity index is 1.87. The van der Waals surface area contributed by atoms with Crippen LogP contribution in [0.15, 0.2) is 72.8 Å². The van der Waals surface area contributed by atoms with Crippen molar-refractivity contribution in [3.63, 3.8) is 0 Å². The second kappa shape index (κ2) is 50.5. The molecule has 0 bridgehead atoms. The maximum Gasteiger partial charge on any atom is 0.334 e. The quantitative estimate of drug-likeness (QED) is 0.0416. The van der Waals surface area contributed by atoms with Gasteiger partial charge in [0.05, 0.1) is 18.3 Å². The molecule has 0 radical (unpaired) electrons. The normalized spacial score (nSPS) is 13.8. The van der Waals surface area contributed by atoms with E-state index in [1.54, 1.807) is 0 Å². The van der Waals surface area contributed by atoms with E-state index < -0.39 is 8.60 Å². The van der Waals surface area contributed by atoms with Gasteiger partial charge in [0.2, 0.25) is 0 Å². The summed E-state index contributed by atoms with van der Waals surface area (Å²) in [5.74, 6) is 0. The lowest BCUT2D eigenvalue weighted by Crippen LogP contribution is -2.14. The molecule has 0 saturated carbocycles. The molecule has 0 spiro atoms. The molecule has 3 rings (SSSR count). The fourth-order valence-electron chi connectivity index (χ4n) is 12.9. The van der Waals surface area contributed by atoms with Gasteiger partial charge in [-0.15, -0.1) is 0 Å². The zero-order valence-electron chi connectivity index (χ0n) is 60.8. The summed E-state index contributed by atoms with van der Waals surface area (Å²) in [7, 11) is -1.77. The van der Waals surface area contributed by atoms with Crippen LogP contribution in [0, 0.1) is 0 Å². The lowest BCUT2D eigenvalue weighted by molar-refractivity contribution is 0.0544. The van der Waals surface area contributed by atoms with E-state index in [9.17, 15) is 0 Å². The Kier molecular flexibility index (Phi) is 46.0. The van der Waals surface area contributed by atoms with Crippen LogP contribution in [0.3, 0.4) is 0 Å². The van der Waals surface area contributed by atoms with Crippen molar-refractivity contribution >= 4 is 8.60 Å². The van der Waals surface area contributed by atoms with Crippen LogP contribution >= 0.6 is 8.60 Å². The third-order valence-electron chi connectivity index (χ3n) is 19.3. The van der Waals surface area contributed by atoms with Crippen LogP contribution in [0.1, 0.15) is 443 Å². The van der Waals surface area contributed by atoms with Gasteiger partial charge in [-0.3, -0.25) is 0 Å². The Morgan fingerprint density at radius 3 is 0.523 bits per heavy atom. The molecule has 3 unspecified atom stereocenters. The van der Waals surface area contributed by atoms with Gasteiger partial charge < -0.3 is 13.6 Å². The fraction of sp³-hybridized carbons (Fsp3) is 0.786. The molecule has 0 saturated heterocycles. The van der Waals surface area contributed by atoms with Gasteiger partial charge in [-0.25, -0.2) is 0 Å². The summed E-state index contributed by atoms with van der Waals surface area (Å²) >= 11 is 0. The molecule has 0 aliphatic heterocycles. The van der Waals surface area contributed by atoms with Crippen LogP contribution in [-0.2, 0) is 29.8 Å². The smallest absolute Gasteiger partial charge is 0.304 e. The first kappa shape index (κ1) is 80.2. The summed E-state index contributed by atoms with van der Waals surface area (Å²) < 4.78 is 22.9. The number of rotatable bonds is 57. The van der Waals surface area contributed by atoms with Crippen LogP contribution in [-0.4, -0.2) is 0 Å². The van der Waals surface area contributed by atoms with Crippen molar-refractivity contribution in [1.29, 1.82) is 0 Å². The zero-order chi connectivity index (χ0) is 63.8. The van der Waals surface area contributed by atoms with Crippen molar-refractivity contribution in [2.24, 2.45) is 0 Å². The molecule has 3 aromatic carbocycles. The third kappa shape index (κ3) is 39.5. The number of hydrogen-bond donors (Lipinski definition) is 0. The van der Waals surface area contributed by atoms with Gasteiger partial charge in [0.25, 0.3) is 0 Å². The molecule has 0 aromatic heterocycles. The topological polar surface area (TPSA) is 27.7 Å². The zero-order valence-corrected chi connectivity index (χ0v) is 61.7. The van der Waals surface area contributed by atoms with Crippen LogP contribution in [0.2, 0.25) is 0 Å². The minimum Gasteiger partial charge on any atom is -0.304 e. The Bertz CT molecular complexity index is 1770. The lowest BCUT2D eigenvalue weighted by Gasteiger charge is -2.31. The van der Waals surface area contributed by atoms with E-state index in [2.05, 4.69) is 156 Å². The highest BCUT2D eigenvalue weighted by Gasteiger charge is 2.31. The third-order valence-corrected chi connectivity index (χ3v) is 20.6. The first-order valence-electron chi connectivity index (χ1n) is 38.7. The lowest BCUT2D eigenvalue weighted by atomic mass is 9.86. The average Bonchev–Trinajstić information content (AvgIpc) is 2.88. The van der Waals surface area contributed by atoms with Gasteiger partial charge in [-0.1, -0.05) is 445 Å². The second-order valence-corrected chi connectivity index (χ2v) is 31.9. The predicted molar refractivity (Wildman–Crippen MR) is 392 cm³/mol. The molecule has 3 aromatic rings. The van der Waals surface area contributed by atoms with E-state index in [0.717, 1.165) is 38.5 Å². The monoisotopic (exact) mass is 1240 g/mol. The minimum absolute atomic E-state index is 0.0768. The van der Waals surface area contributed by atoms with Crippen molar-refractivity contribution in [2.75, 3.05) is 0 Å². The Morgan fingerprint density at radius 1 is 0.227 bits per heavy atom. The Hall–Kier alpha value is -2.03. The largest absolute Gasteiger partial charge is 0.334 e. The first-order chi connectivity index (χ1) is 42.6. The Morgan fingerprint density at radius 2 is 0.375 bits per heavy atom. The van der Waals surface area contributed by atoms with Crippen molar-refractivity contribution in [2.45, 2.75) is 426 Å². The van der Waals surface area contributed by atoms with E-state index in [1.165, 1.54) is 303 Å². The molecule has 506 valence electrons. The maximum atomic E-state index is 7.62. The molecule has 0 N–H and O–H groups in total. The second-order valence-electron chi connectivity index (χ2n) is 30.8. The predicted octanol–water partition coefficient (Wildman–Crippen LogP) is 30.2. The number of benzene rings is 3. The summed E-state index contributed by atoms with van der Waals surface area (Å²) in [6, 6.07) is 28.3. The van der Waals surface area contributed by atoms with Crippen molar-refractivity contribution < 1.29 is 13.6 Å². The number of unbranched alkanes of at least 4 members (excludes halogenated alkanes) is 42. The van der Waals surface area contributed by atoms with Gasteiger partial charge >= 0.3 is 8.60 Å². The van der Waals surface area contributed by atoms with Gasteiger partial charge in [-0.2, -0.15) is 0 Å². The van der Waals surface area contributed by atoms with Crippen molar-refractivity contribution in [3.8, 4) is 0 Å². The molecule has 0 aliphatic carbocycles. The van der Waals surface area contributed by atoms with E-state index in [-0.39, 0.29) is 34.6 Å². The van der Waals surface area contributed by atoms with Gasteiger partial charge in [0, 0.05) is 0 Å². The van der Waals surface area contributed by atoms with E-state index in [4.69, 9.17) is 13.6 Å². The van der Waals surface area contributed by atoms with E-state index in [0.29, 0.717) is 0 Å². The highest BCUT2D eigenvalue weighted by atomic mass is 31.2. The summed E-state index contributed by atoms with van der Waals surface area (Å²) in [5.41, 5.74) is 8.07. The van der Waals surface area contributed by atoms with E-state index >= 15 is 0 Å². The van der Waals surface area contributed by atoms with E-state index in [1.807, 2.05) is 0 Å². The molecule has 0 fully saturated rings. The standard InChI is InChI=1S/C84H147O3P/c1-13-16-19-22-25-28-31-34-37-40-43-46-49-52-55-58-79(73-61-67-76(68-62-73)82(4,5)6)85-88(86-80(74-63-69-77(70-64-74)83(7,8)9)59-56-53-50-47-44-41-38-35-32-29-26-23-20-17-14-2)87-81(75-65-71-78(72-66-75)84(10,11)12)60-57-54-51-48-45-42-39-36-33-30-27-24-21-18-15-3/h61-72,79-81H,13-60H2,1-12H3. The summed E-state index contributed by atoms with van der Waals surface area (Å²) in [6.45, 7) is 27.9. The Labute approximate surface area is 551 Å². The summed E-state index contributed by atoms with van der Waals surface area (Å²) in [6.07, 6.45) is 64.0. The van der Waals surface area contributed by atoms with Crippen LogP contribution in [0.25, 0.3) is 0 Å². The molecule has 3 atom stereocenters.